The van der Waals surface area contributed by atoms with Crippen molar-refractivity contribution in [3.05, 3.63) is 98.4 Å². The van der Waals surface area contributed by atoms with Gasteiger partial charge in [-0.3, -0.25) is 19.3 Å². The largest absolute Gasteiger partial charge is 0.493 e. The molecular weight excluding hydrogens is 536 g/mol. The van der Waals surface area contributed by atoms with Gasteiger partial charge in [-0.05, 0) is 65.6 Å². The third-order valence-corrected chi connectivity index (χ3v) is 7.89. The highest BCUT2D eigenvalue weighted by atomic mass is 35.5. The number of ether oxygens (including phenoxy) is 2. The fourth-order valence-electron chi connectivity index (χ4n) is 4.53. The van der Waals surface area contributed by atoms with Crippen molar-refractivity contribution in [2.45, 2.75) is 26.5 Å². The zero-order valence-electron chi connectivity index (χ0n) is 21.6. The molecule has 3 aromatic rings. The van der Waals surface area contributed by atoms with Gasteiger partial charge < -0.3 is 14.4 Å². The van der Waals surface area contributed by atoms with E-state index in [0.29, 0.717) is 41.8 Å². The van der Waals surface area contributed by atoms with E-state index in [9.17, 15) is 14.4 Å². The fraction of sp³-hybridized carbons (Fsp3) is 0.233. The first-order chi connectivity index (χ1) is 18.8. The minimum atomic E-state index is -0.509. The van der Waals surface area contributed by atoms with Crippen LogP contribution in [0.5, 0.6) is 11.5 Å². The van der Waals surface area contributed by atoms with Gasteiger partial charge in [0, 0.05) is 13.1 Å². The van der Waals surface area contributed by atoms with Gasteiger partial charge in [-0.1, -0.05) is 65.7 Å². The minimum absolute atomic E-state index is 0.211. The maximum atomic E-state index is 13.1. The number of hydrogen-bond donors (Lipinski definition) is 0. The third-order valence-electron chi connectivity index (χ3n) is 6.70. The van der Waals surface area contributed by atoms with Crippen LogP contribution in [0.3, 0.4) is 0 Å². The Balaban J connectivity index is 1.27. The number of thioether (sulfide) groups is 1. The van der Waals surface area contributed by atoms with Crippen molar-refractivity contribution in [2.24, 2.45) is 0 Å². The molecule has 0 bridgehead atoms. The Bertz CT molecular complexity index is 1470. The van der Waals surface area contributed by atoms with E-state index in [1.165, 1.54) is 12.7 Å². The number of benzene rings is 3. The first kappa shape index (κ1) is 26.8. The zero-order chi connectivity index (χ0) is 27.5. The van der Waals surface area contributed by atoms with E-state index in [4.69, 9.17) is 21.1 Å². The van der Waals surface area contributed by atoms with E-state index in [-0.39, 0.29) is 17.4 Å². The molecule has 3 amide bonds. The Kier molecular flexibility index (Phi) is 7.95. The zero-order valence-corrected chi connectivity index (χ0v) is 23.2. The molecule has 0 atom stereocenters. The van der Waals surface area contributed by atoms with E-state index in [2.05, 4.69) is 6.07 Å². The first-order valence-corrected chi connectivity index (χ1v) is 13.7. The summed E-state index contributed by atoms with van der Waals surface area (Å²) >= 11 is 7.32. The molecule has 0 aromatic heterocycles. The van der Waals surface area contributed by atoms with Gasteiger partial charge in [0.15, 0.2) is 11.5 Å². The molecule has 5 rings (SSSR count). The number of imide groups is 1. The number of amides is 3. The van der Waals surface area contributed by atoms with Crippen molar-refractivity contribution < 1.29 is 23.9 Å². The molecule has 2 aliphatic rings. The normalized spacial score (nSPS) is 16.0. The van der Waals surface area contributed by atoms with Gasteiger partial charge in [-0.25, -0.2) is 0 Å². The number of methoxy groups -OCH3 is 1. The Morgan fingerprint density at radius 3 is 2.56 bits per heavy atom. The Labute approximate surface area is 236 Å². The quantitative estimate of drug-likeness (QED) is 0.336. The Morgan fingerprint density at radius 1 is 1.08 bits per heavy atom. The van der Waals surface area contributed by atoms with Gasteiger partial charge >= 0.3 is 0 Å². The molecule has 0 spiro atoms. The van der Waals surface area contributed by atoms with Crippen LogP contribution >= 0.6 is 23.4 Å². The lowest BCUT2D eigenvalue weighted by Crippen LogP contribution is -2.44. The van der Waals surface area contributed by atoms with Crippen LogP contribution < -0.4 is 9.47 Å². The van der Waals surface area contributed by atoms with Gasteiger partial charge in [0.25, 0.3) is 11.1 Å². The predicted octanol–water partition coefficient (Wildman–Crippen LogP) is 5.86. The van der Waals surface area contributed by atoms with Crippen LogP contribution in [0.2, 0.25) is 5.02 Å². The lowest BCUT2D eigenvalue weighted by molar-refractivity contribution is -0.136. The summed E-state index contributed by atoms with van der Waals surface area (Å²) in [5.74, 6) is 0.0257. The summed E-state index contributed by atoms with van der Waals surface area (Å²) < 4.78 is 11.4. The number of aryl methyl sites for hydroxylation is 1. The van der Waals surface area contributed by atoms with Gasteiger partial charge in [-0.2, -0.15) is 0 Å². The number of carbonyl (C=O) groups is 3. The summed E-state index contributed by atoms with van der Waals surface area (Å²) in [6.07, 6.45) is 2.32. The van der Waals surface area contributed by atoms with Crippen LogP contribution in [0.4, 0.5) is 4.79 Å². The third kappa shape index (κ3) is 5.97. The van der Waals surface area contributed by atoms with Gasteiger partial charge in [0.05, 0.1) is 17.0 Å². The van der Waals surface area contributed by atoms with Crippen molar-refractivity contribution >= 4 is 46.5 Å². The molecule has 1 fully saturated rings. The van der Waals surface area contributed by atoms with Crippen molar-refractivity contribution in [3.63, 3.8) is 0 Å². The number of rotatable bonds is 7. The number of carbonyl (C=O) groups excluding carboxylic acids is 3. The molecule has 1 saturated heterocycles. The number of hydrogen-bond acceptors (Lipinski definition) is 6. The van der Waals surface area contributed by atoms with E-state index in [1.807, 2.05) is 49.4 Å². The molecule has 0 radical (unpaired) electrons. The standard InChI is InChI=1S/C30H27ClN2O5S/c1-19-7-9-20(10-8-19)18-38-28-24(31)13-21(14-25(28)37-2)15-26-29(35)33(30(36)39-26)17-27(34)32-12-11-22-5-3-4-6-23(22)16-32/h3-10,13-15H,11-12,16-18H2,1-2H3/b26-15-. The summed E-state index contributed by atoms with van der Waals surface area (Å²) in [4.78, 5) is 41.6. The number of nitrogens with zero attached hydrogens (tertiary/aromatic N) is 2. The minimum Gasteiger partial charge on any atom is -0.493 e. The summed E-state index contributed by atoms with van der Waals surface area (Å²) in [7, 11) is 1.51. The number of halogens is 1. The molecule has 0 unspecified atom stereocenters. The van der Waals surface area contributed by atoms with Crippen molar-refractivity contribution in [1.29, 1.82) is 0 Å². The van der Waals surface area contributed by atoms with Gasteiger partial charge in [0.1, 0.15) is 13.2 Å². The van der Waals surface area contributed by atoms with Gasteiger partial charge in [0.2, 0.25) is 5.91 Å². The molecule has 2 aliphatic heterocycles. The molecule has 39 heavy (non-hydrogen) atoms. The average Bonchev–Trinajstić information content (AvgIpc) is 3.19. The predicted molar refractivity (Wildman–Crippen MR) is 152 cm³/mol. The highest BCUT2D eigenvalue weighted by Gasteiger charge is 2.37. The average molecular weight is 563 g/mol. The second-order valence-corrected chi connectivity index (χ2v) is 10.8. The van der Waals surface area contributed by atoms with Crippen LogP contribution in [0, 0.1) is 6.92 Å². The molecule has 200 valence electrons. The summed E-state index contributed by atoms with van der Waals surface area (Å²) in [6.45, 7) is 3.06. The van der Waals surface area contributed by atoms with E-state index in [1.54, 1.807) is 23.1 Å². The van der Waals surface area contributed by atoms with Crippen molar-refractivity contribution in [1.82, 2.24) is 9.80 Å². The summed E-state index contributed by atoms with van der Waals surface area (Å²) in [5, 5.41) is -0.166. The Morgan fingerprint density at radius 2 is 1.82 bits per heavy atom. The molecule has 0 N–H and O–H groups in total. The molecule has 9 heteroatoms. The first-order valence-electron chi connectivity index (χ1n) is 12.5. The lowest BCUT2D eigenvalue weighted by atomic mass is 10.00. The maximum Gasteiger partial charge on any atom is 0.294 e. The second kappa shape index (κ2) is 11.6. The summed E-state index contributed by atoms with van der Waals surface area (Å²) in [6, 6.07) is 19.3. The topological polar surface area (TPSA) is 76.2 Å². The molecular formula is C30H27ClN2O5S. The molecule has 0 saturated carbocycles. The van der Waals surface area contributed by atoms with Crippen LogP contribution in [0.1, 0.15) is 27.8 Å². The van der Waals surface area contributed by atoms with E-state index in [0.717, 1.165) is 39.8 Å². The van der Waals surface area contributed by atoms with Crippen molar-refractivity contribution in [3.8, 4) is 11.5 Å². The highest BCUT2D eigenvalue weighted by Crippen LogP contribution is 2.39. The lowest BCUT2D eigenvalue weighted by Gasteiger charge is -2.29. The fourth-order valence-corrected chi connectivity index (χ4v) is 5.65. The van der Waals surface area contributed by atoms with Crippen LogP contribution in [-0.4, -0.2) is 47.1 Å². The van der Waals surface area contributed by atoms with Crippen LogP contribution in [-0.2, 0) is 29.2 Å². The Hall–Kier alpha value is -3.75. The second-order valence-electron chi connectivity index (χ2n) is 9.41. The smallest absolute Gasteiger partial charge is 0.294 e. The van der Waals surface area contributed by atoms with E-state index < -0.39 is 11.1 Å². The van der Waals surface area contributed by atoms with Gasteiger partial charge in [-0.15, -0.1) is 0 Å². The maximum absolute atomic E-state index is 13.1. The van der Waals surface area contributed by atoms with E-state index >= 15 is 0 Å². The highest BCUT2D eigenvalue weighted by molar-refractivity contribution is 8.18. The number of fused-ring (bicyclic) bond motifs is 1. The summed E-state index contributed by atoms with van der Waals surface area (Å²) in [5.41, 5.74) is 5.02. The molecule has 2 heterocycles. The SMILES string of the molecule is COc1cc(/C=C2\SC(=O)N(CC(=O)N3CCc4ccccc4C3)C2=O)cc(Cl)c1OCc1ccc(C)cc1. The van der Waals surface area contributed by atoms with Crippen molar-refractivity contribution in [2.75, 3.05) is 20.2 Å². The van der Waals surface area contributed by atoms with Crippen LogP contribution in [0.15, 0.2) is 65.6 Å². The van der Waals surface area contributed by atoms with Crippen LogP contribution in [0.25, 0.3) is 6.08 Å². The molecule has 3 aromatic carbocycles. The molecule has 0 aliphatic carbocycles. The monoisotopic (exact) mass is 562 g/mol. The molecule has 7 nitrogen and oxygen atoms in total.